The number of hydrogen-bond donors (Lipinski definition) is 0. The quantitative estimate of drug-likeness (QED) is 0.777. The predicted molar refractivity (Wildman–Crippen MR) is 93.8 cm³/mol. The minimum absolute atomic E-state index is 0.0768. The van der Waals surface area contributed by atoms with Crippen molar-refractivity contribution in [3.63, 3.8) is 0 Å². The maximum atomic E-state index is 12.5. The third kappa shape index (κ3) is 2.73. The number of carbonyl (C=O) groups is 1. The molecule has 0 radical (unpaired) electrons. The molecule has 23 heavy (non-hydrogen) atoms. The van der Waals surface area contributed by atoms with Crippen molar-refractivity contribution < 1.29 is 4.79 Å². The molecular formula is C20H26N2O. The smallest absolute Gasteiger partial charge is 0.247 e. The van der Waals surface area contributed by atoms with Gasteiger partial charge in [0.15, 0.2) is 0 Å². The largest absolute Gasteiger partial charge is 0.273 e. The zero-order chi connectivity index (χ0) is 16.6. The number of aromatic nitrogens is 2. The maximum absolute atomic E-state index is 12.5. The van der Waals surface area contributed by atoms with Crippen molar-refractivity contribution in [3.8, 4) is 11.3 Å². The molecule has 0 unspecified atom stereocenters. The molecule has 1 aromatic heterocycles. The van der Waals surface area contributed by atoms with E-state index in [0.717, 1.165) is 23.4 Å². The van der Waals surface area contributed by atoms with Crippen molar-refractivity contribution in [1.82, 2.24) is 9.78 Å². The first-order valence-electron chi connectivity index (χ1n) is 8.76. The molecule has 0 fully saturated rings. The standard InChI is InChI=1S/C20H26N2O/c1-5-17(23)22-20(15-9-7-6-8-10-15)18-14(4)11-12-16(13(2)3)19(18)21-22/h6-10,13-14,16H,5,11-12H2,1-4H3/t14-,16-/m1/s1. The molecule has 2 aromatic rings. The van der Waals surface area contributed by atoms with E-state index in [0.29, 0.717) is 24.2 Å². The van der Waals surface area contributed by atoms with E-state index in [4.69, 9.17) is 5.10 Å². The summed E-state index contributed by atoms with van der Waals surface area (Å²) in [5.41, 5.74) is 4.56. The molecule has 122 valence electrons. The Bertz CT molecular complexity index is 700. The van der Waals surface area contributed by atoms with E-state index in [1.807, 2.05) is 25.1 Å². The molecule has 1 heterocycles. The number of hydrogen-bond acceptors (Lipinski definition) is 2. The second kappa shape index (κ2) is 6.31. The Labute approximate surface area is 138 Å². The number of rotatable bonds is 3. The Hall–Kier alpha value is -1.90. The molecule has 0 saturated carbocycles. The maximum Gasteiger partial charge on any atom is 0.247 e. The van der Waals surface area contributed by atoms with Gasteiger partial charge in [0, 0.05) is 23.5 Å². The Morgan fingerprint density at radius 1 is 1.26 bits per heavy atom. The fourth-order valence-electron chi connectivity index (χ4n) is 3.77. The van der Waals surface area contributed by atoms with E-state index in [1.54, 1.807) is 4.68 Å². The topological polar surface area (TPSA) is 34.9 Å². The van der Waals surface area contributed by atoms with Crippen LogP contribution in [-0.2, 0) is 0 Å². The van der Waals surface area contributed by atoms with Crippen LogP contribution in [0.2, 0.25) is 0 Å². The molecule has 3 nitrogen and oxygen atoms in total. The zero-order valence-electron chi connectivity index (χ0n) is 14.5. The van der Waals surface area contributed by atoms with Gasteiger partial charge in [0.2, 0.25) is 5.91 Å². The van der Waals surface area contributed by atoms with Gasteiger partial charge in [0.1, 0.15) is 0 Å². The first-order chi connectivity index (χ1) is 11.0. The van der Waals surface area contributed by atoms with Crippen molar-refractivity contribution in [3.05, 3.63) is 41.6 Å². The van der Waals surface area contributed by atoms with Crippen molar-refractivity contribution in [2.24, 2.45) is 5.92 Å². The van der Waals surface area contributed by atoms with Gasteiger partial charge in [-0.05, 0) is 24.7 Å². The van der Waals surface area contributed by atoms with Crippen molar-refractivity contribution in [1.29, 1.82) is 0 Å². The van der Waals surface area contributed by atoms with E-state index in [9.17, 15) is 4.79 Å². The van der Waals surface area contributed by atoms with Gasteiger partial charge < -0.3 is 0 Å². The molecule has 0 N–H and O–H groups in total. The Morgan fingerprint density at radius 3 is 2.57 bits per heavy atom. The highest BCUT2D eigenvalue weighted by molar-refractivity contribution is 5.84. The van der Waals surface area contributed by atoms with Gasteiger partial charge in [0.05, 0.1) is 11.4 Å². The lowest BCUT2D eigenvalue weighted by molar-refractivity contribution is 0.0894. The van der Waals surface area contributed by atoms with E-state index in [1.165, 1.54) is 12.0 Å². The van der Waals surface area contributed by atoms with Gasteiger partial charge in [-0.3, -0.25) is 4.79 Å². The highest BCUT2D eigenvalue weighted by Crippen LogP contribution is 2.45. The molecule has 0 saturated heterocycles. The van der Waals surface area contributed by atoms with Gasteiger partial charge in [-0.2, -0.15) is 9.78 Å². The Kier molecular flexibility index (Phi) is 4.38. The lowest BCUT2D eigenvalue weighted by Gasteiger charge is -2.28. The Morgan fingerprint density at radius 2 is 1.96 bits per heavy atom. The first kappa shape index (κ1) is 16.0. The van der Waals surface area contributed by atoms with Crippen LogP contribution in [0.25, 0.3) is 11.3 Å². The number of benzene rings is 1. The minimum Gasteiger partial charge on any atom is -0.273 e. The minimum atomic E-state index is 0.0768. The summed E-state index contributed by atoms with van der Waals surface area (Å²) in [6, 6.07) is 10.2. The molecule has 1 aromatic carbocycles. The van der Waals surface area contributed by atoms with E-state index in [-0.39, 0.29) is 5.91 Å². The second-order valence-corrected chi connectivity index (χ2v) is 7.00. The number of carbonyl (C=O) groups excluding carboxylic acids is 1. The number of nitrogens with zero attached hydrogens (tertiary/aromatic N) is 2. The summed E-state index contributed by atoms with van der Waals surface area (Å²) in [4.78, 5) is 12.5. The van der Waals surface area contributed by atoms with Gasteiger partial charge in [-0.15, -0.1) is 0 Å². The summed E-state index contributed by atoms with van der Waals surface area (Å²) in [5, 5.41) is 4.82. The molecule has 3 rings (SSSR count). The molecule has 0 spiro atoms. The molecule has 1 aliphatic carbocycles. The van der Waals surface area contributed by atoms with Crippen LogP contribution >= 0.6 is 0 Å². The summed E-state index contributed by atoms with van der Waals surface area (Å²) in [5.74, 6) is 1.53. The summed E-state index contributed by atoms with van der Waals surface area (Å²) in [7, 11) is 0. The lowest BCUT2D eigenvalue weighted by atomic mass is 9.75. The van der Waals surface area contributed by atoms with Crippen LogP contribution in [0.5, 0.6) is 0 Å². The number of fused-ring (bicyclic) bond motifs is 1. The highest BCUT2D eigenvalue weighted by atomic mass is 16.2. The van der Waals surface area contributed by atoms with Gasteiger partial charge in [-0.1, -0.05) is 58.0 Å². The van der Waals surface area contributed by atoms with E-state index in [2.05, 4.69) is 32.9 Å². The fourth-order valence-corrected chi connectivity index (χ4v) is 3.77. The molecule has 0 bridgehead atoms. The average Bonchev–Trinajstić information content (AvgIpc) is 2.96. The fraction of sp³-hybridized carbons (Fsp3) is 0.500. The van der Waals surface area contributed by atoms with Crippen molar-refractivity contribution in [2.75, 3.05) is 0 Å². The predicted octanol–water partition coefficient (Wildman–Crippen LogP) is 5.24. The summed E-state index contributed by atoms with van der Waals surface area (Å²) >= 11 is 0. The molecular weight excluding hydrogens is 284 g/mol. The van der Waals surface area contributed by atoms with Crippen molar-refractivity contribution >= 4 is 5.91 Å². The SMILES string of the molecule is CCC(=O)n1nc2c(c1-c1ccccc1)[C@H](C)CC[C@@H]2C(C)C. The molecule has 1 aliphatic rings. The van der Waals surface area contributed by atoms with Crippen LogP contribution in [-0.4, -0.2) is 15.7 Å². The van der Waals surface area contributed by atoms with Gasteiger partial charge >= 0.3 is 0 Å². The van der Waals surface area contributed by atoms with Crippen LogP contribution in [0.4, 0.5) is 0 Å². The molecule has 0 aliphatic heterocycles. The monoisotopic (exact) mass is 310 g/mol. The highest BCUT2D eigenvalue weighted by Gasteiger charge is 2.34. The zero-order valence-corrected chi connectivity index (χ0v) is 14.5. The molecule has 3 heteroatoms. The second-order valence-electron chi connectivity index (χ2n) is 7.00. The van der Waals surface area contributed by atoms with Crippen LogP contribution in [0.1, 0.15) is 74.8 Å². The third-order valence-electron chi connectivity index (χ3n) is 5.10. The van der Waals surface area contributed by atoms with Gasteiger partial charge in [-0.25, -0.2) is 0 Å². The van der Waals surface area contributed by atoms with Crippen molar-refractivity contribution in [2.45, 2.75) is 58.8 Å². The van der Waals surface area contributed by atoms with E-state index >= 15 is 0 Å². The summed E-state index contributed by atoms with van der Waals surface area (Å²) in [6.45, 7) is 8.69. The lowest BCUT2D eigenvalue weighted by Crippen LogP contribution is -2.17. The van der Waals surface area contributed by atoms with Crippen LogP contribution in [0.3, 0.4) is 0 Å². The van der Waals surface area contributed by atoms with Crippen LogP contribution < -0.4 is 0 Å². The van der Waals surface area contributed by atoms with Crippen LogP contribution in [0.15, 0.2) is 30.3 Å². The Balaban J connectivity index is 2.26. The average molecular weight is 310 g/mol. The molecule has 2 atom stereocenters. The van der Waals surface area contributed by atoms with Crippen LogP contribution in [0, 0.1) is 5.92 Å². The molecule has 0 amide bonds. The van der Waals surface area contributed by atoms with Gasteiger partial charge in [0.25, 0.3) is 0 Å². The summed E-state index contributed by atoms with van der Waals surface area (Å²) in [6.07, 6.45) is 2.81. The normalized spacial score (nSPS) is 20.6. The summed E-state index contributed by atoms with van der Waals surface area (Å²) < 4.78 is 1.68. The third-order valence-corrected chi connectivity index (χ3v) is 5.10. The first-order valence-corrected chi connectivity index (χ1v) is 8.76. The van der Waals surface area contributed by atoms with E-state index < -0.39 is 0 Å².